The van der Waals surface area contributed by atoms with Crippen molar-refractivity contribution in [2.24, 2.45) is 0 Å². The second-order valence-corrected chi connectivity index (χ2v) is 6.63. The number of para-hydroxylation sites is 2. The van der Waals surface area contributed by atoms with Crippen LogP contribution in [0.4, 0.5) is 5.69 Å². The smallest absolute Gasteiger partial charge is 0.170 e. The monoisotopic (exact) mass is 366 g/mol. The van der Waals surface area contributed by atoms with Gasteiger partial charge in [0.05, 0.1) is 12.3 Å². The molecule has 0 aliphatic rings. The molecule has 6 heteroatoms. The Labute approximate surface area is 151 Å². The second-order valence-electron chi connectivity index (χ2n) is 4.61. The maximum atomic E-state index is 5.87. The zero-order chi connectivity index (χ0) is 16.5. The minimum atomic E-state index is 0.592. The van der Waals surface area contributed by atoms with Crippen LogP contribution >= 0.6 is 35.6 Å². The average molecular weight is 367 g/mol. The average Bonchev–Trinajstić information content (AvgIpc) is 2.55. The zero-order valence-corrected chi connectivity index (χ0v) is 15.2. The van der Waals surface area contributed by atoms with Gasteiger partial charge >= 0.3 is 0 Å². The van der Waals surface area contributed by atoms with E-state index in [-0.39, 0.29) is 0 Å². The van der Waals surface area contributed by atoms with Crippen LogP contribution in [0.25, 0.3) is 0 Å². The Hall–Kier alpha value is -1.43. The Kier molecular flexibility index (Phi) is 7.52. The van der Waals surface area contributed by atoms with Crippen LogP contribution < -0.4 is 15.4 Å². The molecule has 122 valence electrons. The summed E-state index contributed by atoms with van der Waals surface area (Å²) < 4.78 is 5.57. The van der Waals surface area contributed by atoms with Gasteiger partial charge in [0, 0.05) is 22.2 Å². The highest BCUT2D eigenvalue weighted by atomic mass is 35.5. The first kappa shape index (κ1) is 17.9. The Morgan fingerprint density at radius 3 is 2.65 bits per heavy atom. The lowest BCUT2D eigenvalue weighted by Gasteiger charge is -2.14. The van der Waals surface area contributed by atoms with Crippen molar-refractivity contribution in [3.63, 3.8) is 0 Å². The van der Waals surface area contributed by atoms with Crippen molar-refractivity contribution in [1.29, 1.82) is 0 Å². The number of thioether (sulfide) groups is 1. The number of ether oxygens (including phenoxy) is 1. The molecule has 0 radical (unpaired) electrons. The van der Waals surface area contributed by atoms with Crippen molar-refractivity contribution < 1.29 is 4.74 Å². The highest BCUT2D eigenvalue weighted by Crippen LogP contribution is 2.23. The summed E-state index contributed by atoms with van der Waals surface area (Å²) in [5, 5.41) is 7.72. The zero-order valence-electron chi connectivity index (χ0n) is 12.8. The third-order valence-electron chi connectivity index (χ3n) is 2.91. The van der Waals surface area contributed by atoms with E-state index in [1.165, 1.54) is 4.90 Å². The minimum Gasteiger partial charge on any atom is -0.492 e. The third-order valence-corrected chi connectivity index (χ3v) is 4.42. The van der Waals surface area contributed by atoms with Crippen molar-refractivity contribution in [3.8, 4) is 5.75 Å². The van der Waals surface area contributed by atoms with Crippen LogP contribution in [0.1, 0.15) is 6.92 Å². The molecule has 2 rings (SSSR count). The largest absolute Gasteiger partial charge is 0.492 e. The first-order valence-corrected chi connectivity index (χ1v) is 9.11. The fourth-order valence-corrected chi connectivity index (χ4v) is 2.99. The summed E-state index contributed by atoms with van der Waals surface area (Å²) in [7, 11) is 0. The second kappa shape index (κ2) is 9.65. The summed E-state index contributed by atoms with van der Waals surface area (Å²) >= 11 is 12.9. The maximum Gasteiger partial charge on any atom is 0.170 e. The molecule has 0 heterocycles. The Morgan fingerprint density at radius 1 is 1.17 bits per heavy atom. The van der Waals surface area contributed by atoms with E-state index in [4.69, 9.17) is 28.6 Å². The summed E-state index contributed by atoms with van der Waals surface area (Å²) in [6.45, 7) is 3.36. The molecular formula is C17H19ClN2OS2. The van der Waals surface area contributed by atoms with Crippen LogP contribution in [0.3, 0.4) is 0 Å². The lowest BCUT2D eigenvalue weighted by atomic mass is 10.3. The number of thiocarbonyl (C=S) groups is 1. The van der Waals surface area contributed by atoms with Crippen LogP contribution in [0.15, 0.2) is 53.4 Å². The molecule has 2 N–H and O–H groups in total. The molecule has 0 bridgehead atoms. The summed E-state index contributed by atoms with van der Waals surface area (Å²) in [6.07, 6.45) is 0. The number of benzene rings is 2. The normalized spacial score (nSPS) is 10.2. The number of nitrogens with one attached hydrogen (secondary N) is 2. The molecule has 0 aliphatic heterocycles. The first-order valence-electron chi connectivity index (χ1n) is 7.34. The lowest BCUT2D eigenvalue weighted by Crippen LogP contribution is -2.30. The van der Waals surface area contributed by atoms with E-state index in [9.17, 15) is 0 Å². The summed E-state index contributed by atoms with van der Waals surface area (Å²) in [4.78, 5) is 1.19. The molecule has 0 spiro atoms. The highest BCUT2D eigenvalue weighted by molar-refractivity contribution is 7.99. The molecule has 2 aromatic carbocycles. The summed E-state index contributed by atoms with van der Waals surface area (Å²) in [5.41, 5.74) is 0.872. The van der Waals surface area contributed by atoms with Gasteiger partial charge in [0.1, 0.15) is 5.75 Å². The molecule has 0 aliphatic carbocycles. The van der Waals surface area contributed by atoms with Crippen LogP contribution in [0.2, 0.25) is 5.02 Å². The fourth-order valence-electron chi connectivity index (χ4n) is 1.88. The summed E-state index contributed by atoms with van der Waals surface area (Å²) in [5.74, 6) is 1.71. The van der Waals surface area contributed by atoms with E-state index in [2.05, 4.69) is 10.6 Å². The number of halogens is 1. The van der Waals surface area contributed by atoms with Crippen molar-refractivity contribution in [1.82, 2.24) is 5.32 Å². The van der Waals surface area contributed by atoms with Gasteiger partial charge in [0.25, 0.3) is 0 Å². The van der Waals surface area contributed by atoms with Gasteiger partial charge in [-0.2, -0.15) is 0 Å². The molecular weight excluding hydrogens is 348 g/mol. The minimum absolute atomic E-state index is 0.592. The van der Waals surface area contributed by atoms with Crippen LogP contribution in [0, 0.1) is 0 Å². The van der Waals surface area contributed by atoms with Gasteiger partial charge in [-0.3, -0.25) is 0 Å². The molecule has 0 amide bonds. The van der Waals surface area contributed by atoms with Gasteiger partial charge in [-0.05, 0) is 55.5 Å². The molecule has 0 saturated carbocycles. The van der Waals surface area contributed by atoms with Gasteiger partial charge in [-0.15, -0.1) is 11.8 Å². The van der Waals surface area contributed by atoms with E-state index in [1.807, 2.05) is 55.5 Å². The predicted octanol–water partition coefficient (Wildman–Crippen LogP) is 4.82. The van der Waals surface area contributed by atoms with Crippen LogP contribution in [-0.4, -0.2) is 24.0 Å². The first-order chi connectivity index (χ1) is 11.2. The van der Waals surface area contributed by atoms with Crippen molar-refractivity contribution in [3.05, 3.63) is 53.6 Å². The topological polar surface area (TPSA) is 33.3 Å². The Balaban J connectivity index is 1.74. The fraction of sp³-hybridized carbons (Fsp3) is 0.235. The van der Waals surface area contributed by atoms with Crippen LogP contribution in [-0.2, 0) is 0 Å². The molecule has 0 atom stereocenters. The molecule has 0 saturated heterocycles. The highest BCUT2D eigenvalue weighted by Gasteiger charge is 2.04. The molecule has 2 aromatic rings. The molecule has 0 unspecified atom stereocenters. The quantitative estimate of drug-likeness (QED) is 0.417. The van der Waals surface area contributed by atoms with E-state index in [1.54, 1.807) is 11.8 Å². The van der Waals surface area contributed by atoms with Gasteiger partial charge in [0.2, 0.25) is 0 Å². The number of anilines is 1. The molecule has 0 fully saturated rings. The number of hydrogen-bond acceptors (Lipinski definition) is 3. The molecule has 23 heavy (non-hydrogen) atoms. The number of rotatable bonds is 7. The van der Waals surface area contributed by atoms with Gasteiger partial charge in [-0.25, -0.2) is 0 Å². The molecule has 3 nitrogen and oxygen atoms in total. The lowest BCUT2D eigenvalue weighted by molar-refractivity contribution is 0.342. The van der Waals surface area contributed by atoms with E-state index in [0.29, 0.717) is 11.7 Å². The Bertz CT molecular complexity index is 635. The summed E-state index contributed by atoms with van der Waals surface area (Å²) in [6, 6.07) is 15.6. The van der Waals surface area contributed by atoms with Crippen molar-refractivity contribution in [2.75, 3.05) is 24.2 Å². The third kappa shape index (κ3) is 6.29. The van der Waals surface area contributed by atoms with Gasteiger partial charge in [0.15, 0.2) is 5.11 Å². The van der Waals surface area contributed by atoms with Crippen LogP contribution in [0.5, 0.6) is 5.75 Å². The predicted molar refractivity (Wildman–Crippen MR) is 104 cm³/mol. The van der Waals surface area contributed by atoms with E-state index in [0.717, 1.165) is 28.8 Å². The maximum absolute atomic E-state index is 5.87. The van der Waals surface area contributed by atoms with Gasteiger partial charge < -0.3 is 15.4 Å². The Morgan fingerprint density at radius 2 is 1.91 bits per heavy atom. The van der Waals surface area contributed by atoms with E-state index >= 15 is 0 Å². The van der Waals surface area contributed by atoms with Crippen molar-refractivity contribution >= 4 is 46.4 Å². The molecule has 0 aromatic heterocycles. The van der Waals surface area contributed by atoms with E-state index < -0.39 is 0 Å². The standard InChI is InChI=1S/C17H19ClN2OS2/c1-2-21-16-6-4-3-5-15(16)20-17(22)19-11-12-23-14-9-7-13(18)8-10-14/h3-10H,2,11-12H2,1H3,(H2,19,20,22). The SMILES string of the molecule is CCOc1ccccc1NC(=S)NCCSc1ccc(Cl)cc1. The van der Waals surface area contributed by atoms with Gasteiger partial charge in [-0.1, -0.05) is 23.7 Å². The number of hydrogen-bond donors (Lipinski definition) is 2. The van der Waals surface area contributed by atoms with Crippen molar-refractivity contribution in [2.45, 2.75) is 11.8 Å².